The van der Waals surface area contributed by atoms with Gasteiger partial charge in [0, 0.05) is 12.6 Å². The summed E-state index contributed by atoms with van der Waals surface area (Å²) < 4.78 is 0. The van der Waals surface area contributed by atoms with Crippen LogP contribution in [0.2, 0.25) is 0 Å². The standard InChI is InChI=1S/C20H27N3O2/c1-15(17-7-5-4-6-8-17)22-20(25)21-14-18(23(2)3)13-16-9-11-19(24)12-10-16/h4-12,15,18,24H,13-14H2,1-3H3,(H2,21,22,25)/t15-,18-/m0/s1. The molecule has 0 heterocycles. The lowest BCUT2D eigenvalue weighted by Gasteiger charge is -2.25. The van der Waals surface area contributed by atoms with Gasteiger partial charge in [-0.3, -0.25) is 0 Å². The van der Waals surface area contributed by atoms with Gasteiger partial charge in [-0.05, 0) is 50.7 Å². The fraction of sp³-hybridized carbons (Fsp3) is 0.350. The van der Waals surface area contributed by atoms with E-state index in [1.807, 2.05) is 63.5 Å². The lowest BCUT2D eigenvalue weighted by molar-refractivity contribution is 0.229. The van der Waals surface area contributed by atoms with E-state index < -0.39 is 0 Å². The van der Waals surface area contributed by atoms with E-state index in [-0.39, 0.29) is 23.9 Å². The number of hydrogen-bond donors (Lipinski definition) is 3. The molecular formula is C20H27N3O2. The molecule has 0 fully saturated rings. The maximum absolute atomic E-state index is 12.2. The van der Waals surface area contributed by atoms with Gasteiger partial charge in [0.05, 0.1) is 6.04 Å². The number of urea groups is 1. The molecule has 0 aliphatic heterocycles. The number of amides is 2. The Bertz CT molecular complexity index is 656. The SMILES string of the molecule is C[C@H](NC(=O)NC[C@H](Cc1ccc(O)cc1)N(C)C)c1ccccc1. The minimum Gasteiger partial charge on any atom is -0.508 e. The van der Waals surface area contributed by atoms with Crippen molar-refractivity contribution in [2.24, 2.45) is 0 Å². The normalized spacial score (nSPS) is 13.3. The van der Waals surface area contributed by atoms with Crippen molar-refractivity contribution in [3.05, 3.63) is 65.7 Å². The zero-order valence-corrected chi connectivity index (χ0v) is 15.1. The molecule has 5 heteroatoms. The van der Waals surface area contributed by atoms with E-state index in [1.165, 1.54) is 0 Å². The Morgan fingerprint density at radius 1 is 1.08 bits per heavy atom. The Morgan fingerprint density at radius 3 is 2.32 bits per heavy atom. The summed E-state index contributed by atoms with van der Waals surface area (Å²) >= 11 is 0. The fourth-order valence-corrected chi connectivity index (χ4v) is 2.62. The predicted molar refractivity (Wildman–Crippen MR) is 101 cm³/mol. The predicted octanol–water partition coefficient (Wildman–Crippen LogP) is 2.93. The van der Waals surface area contributed by atoms with Crippen LogP contribution in [-0.2, 0) is 6.42 Å². The number of nitrogens with zero attached hydrogens (tertiary/aromatic N) is 1. The highest BCUT2D eigenvalue weighted by atomic mass is 16.3. The summed E-state index contributed by atoms with van der Waals surface area (Å²) in [6.45, 7) is 2.51. The number of phenolic OH excluding ortho intramolecular Hbond substituents is 1. The number of phenols is 1. The zero-order valence-electron chi connectivity index (χ0n) is 15.1. The summed E-state index contributed by atoms with van der Waals surface area (Å²) in [6, 6.07) is 17.0. The minimum atomic E-state index is -0.172. The van der Waals surface area contributed by atoms with Crippen molar-refractivity contribution in [2.75, 3.05) is 20.6 Å². The molecule has 5 nitrogen and oxygen atoms in total. The van der Waals surface area contributed by atoms with Gasteiger partial charge in [-0.25, -0.2) is 4.79 Å². The second kappa shape index (κ2) is 9.08. The monoisotopic (exact) mass is 341 g/mol. The highest BCUT2D eigenvalue weighted by Crippen LogP contribution is 2.13. The molecule has 0 spiro atoms. The van der Waals surface area contributed by atoms with Crippen LogP contribution in [0.15, 0.2) is 54.6 Å². The number of benzene rings is 2. The number of nitrogens with one attached hydrogen (secondary N) is 2. The van der Waals surface area contributed by atoms with E-state index in [4.69, 9.17) is 0 Å². The molecule has 3 N–H and O–H groups in total. The van der Waals surface area contributed by atoms with E-state index in [1.54, 1.807) is 12.1 Å². The first-order valence-electron chi connectivity index (χ1n) is 8.49. The van der Waals surface area contributed by atoms with Crippen LogP contribution in [0.1, 0.15) is 24.1 Å². The first-order chi connectivity index (χ1) is 12.0. The van der Waals surface area contributed by atoms with E-state index in [2.05, 4.69) is 15.5 Å². The van der Waals surface area contributed by atoms with Crippen LogP contribution in [-0.4, -0.2) is 42.7 Å². The Hall–Kier alpha value is -2.53. The number of carbonyl (C=O) groups excluding carboxylic acids is 1. The average Bonchev–Trinajstić information content (AvgIpc) is 2.60. The number of rotatable bonds is 7. The zero-order chi connectivity index (χ0) is 18.2. The third-order valence-corrected chi connectivity index (χ3v) is 4.28. The van der Waals surface area contributed by atoms with Gasteiger partial charge in [0.15, 0.2) is 0 Å². The molecule has 2 aromatic carbocycles. The summed E-state index contributed by atoms with van der Waals surface area (Å²) in [5, 5.41) is 15.3. The molecule has 2 amide bonds. The third kappa shape index (κ3) is 6.12. The lowest BCUT2D eigenvalue weighted by atomic mass is 10.0. The van der Waals surface area contributed by atoms with E-state index in [0.29, 0.717) is 6.54 Å². The maximum atomic E-state index is 12.2. The first kappa shape index (κ1) is 18.8. The van der Waals surface area contributed by atoms with Crippen LogP contribution in [0.4, 0.5) is 4.79 Å². The summed E-state index contributed by atoms with van der Waals surface area (Å²) in [4.78, 5) is 14.3. The summed E-state index contributed by atoms with van der Waals surface area (Å²) in [5.74, 6) is 0.262. The molecule has 0 aromatic heterocycles. The van der Waals surface area contributed by atoms with E-state index >= 15 is 0 Å². The van der Waals surface area contributed by atoms with Gasteiger partial charge in [0.25, 0.3) is 0 Å². The van der Waals surface area contributed by atoms with Gasteiger partial charge in [0.2, 0.25) is 0 Å². The van der Waals surface area contributed by atoms with Crippen LogP contribution >= 0.6 is 0 Å². The molecule has 2 atom stereocenters. The number of hydrogen-bond acceptors (Lipinski definition) is 3. The van der Waals surface area contributed by atoms with Gasteiger partial charge in [-0.1, -0.05) is 42.5 Å². The number of aromatic hydroxyl groups is 1. The molecule has 0 saturated heterocycles. The summed E-state index contributed by atoms with van der Waals surface area (Å²) in [5.41, 5.74) is 2.20. The van der Waals surface area contributed by atoms with Crippen molar-refractivity contribution in [2.45, 2.75) is 25.4 Å². The van der Waals surface area contributed by atoms with Crippen molar-refractivity contribution in [3.8, 4) is 5.75 Å². The van der Waals surface area contributed by atoms with Gasteiger partial charge in [0.1, 0.15) is 5.75 Å². The van der Waals surface area contributed by atoms with Crippen LogP contribution < -0.4 is 10.6 Å². The first-order valence-corrected chi connectivity index (χ1v) is 8.49. The molecule has 0 aliphatic rings. The summed E-state index contributed by atoms with van der Waals surface area (Å²) in [7, 11) is 3.99. The van der Waals surface area contributed by atoms with Crippen molar-refractivity contribution in [1.29, 1.82) is 0 Å². The van der Waals surface area contributed by atoms with Crippen molar-refractivity contribution >= 4 is 6.03 Å². The lowest BCUT2D eigenvalue weighted by Crippen LogP contribution is -2.45. The molecule has 134 valence electrons. The highest BCUT2D eigenvalue weighted by molar-refractivity contribution is 5.74. The molecule has 2 rings (SSSR count). The third-order valence-electron chi connectivity index (χ3n) is 4.28. The Kier molecular flexibility index (Phi) is 6.83. The minimum absolute atomic E-state index is 0.0453. The quantitative estimate of drug-likeness (QED) is 0.725. The van der Waals surface area contributed by atoms with Crippen LogP contribution in [0.25, 0.3) is 0 Å². The average molecular weight is 341 g/mol. The molecule has 0 aliphatic carbocycles. The number of carbonyl (C=O) groups is 1. The molecule has 25 heavy (non-hydrogen) atoms. The molecule has 0 unspecified atom stereocenters. The van der Waals surface area contributed by atoms with Crippen molar-refractivity contribution < 1.29 is 9.90 Å². The maximum Gasteiger partial charge on any atom is 0.315 e. The highest BCUT2D eigenvalue weighted by Gasteiger charge is 2.15. The van der Waals surface area contributed by atoms with Crippen LogP contribution in [0, 0.1) is 0 Å². The topological polar surface area (TPSA) is 64.6 Å². The van der Waals surface area contributed by atoms with E-state index in [9.17, 15) is 9.90 Å². The molecule has 0 bridgehead atoms. The smallest absolute Gasteiger partial charge is 0.315 e. The summed E-state index contributed by atoms with van der Waals surface area (Å²) in [6.07, 6.45) is 0.793. The molecule has 2 aromatic rings. The van der Waals surface area contributed by atoms with Crippen LogP contribution in [0.5, 0.6) is 5.75 Å². The second-order valence-electron chi connectivity index (χ2n) is 6.47. The Morgan fingerprint density at radius 2 is 1.72 bits per heavy atom. The second-order valence-corrected chi connectivity index (χ2v) is 6.47. The van der Waals surface area contributed by atoms with Gasteiger partial charge >= 0.3 is 6.03 Å². The van der Waals surface area contributed by atoms with Gasteiger partial charge < -0.3 is 20.6 Å². The molecule has 0 saturated carbocycles. The number of likely N-dealkylation sites (N-methyl/N-ethyl adjacent to an activating group) is 1. The Labute approximate surface area is 149 Å². The Balaban J connectivity index is 1.85. The van der Waals surface area contributed by atoms with Crippen molar-refractivity contribution in [1.82, 2.24) is 15.5 Å². The van der Waals surface area contributed by atoms with E-state index in [0.717, 1.165) is 17.5 Å². The fourth-order valence-electron chi connectivity index (χ4n) is 2.62. The largest absolute Gasteiger partial charge is 0.508 e. The molecular weight excluding hydrogens is 314 g/mol. The molecule has 0 radical (unpaired) electrons. The van der Waals surface area contributed by atoms with Gasteiger partial charge in [-0.2, -0.15) is 0 Å². The van der Waals surface area contributed by atoms with Crippen molar-refractivity contribution in [3.63, 3.8) is 0 Å². The van der Waals surface area contributed by atoms with Crippen LogP contribution in [0.3, 0.4) is 0 Å². The van der Waals surface area contributed by atoms with Gasteiger partial charge in [-0.15, -0.1) is 0 Å².